The highest BCUT2D eigenvalue weighted by Crippen LogP contribution is 2.13. The maximum atomic E-state index is 12.2. The van der Waals surface area contributed by atoms with Crippen LogP contribution in [0, 0.1) is 0 Å². The molecule has 0 saturated carbocycles. The highest BCUT2D eigenvalue weighted by Gasteiger charge is 2.12. The number of aromatic nitrogens is 3. The Labute approximate surface area is 135 Å². The lowest BCUT2D eigenvalue weighted by molar-refractivity contribution is 0.311. The van der Waals surface area contributed by atoms with Crippen molar-refractivity contribution in [2.24, 2.45) is 5.16 Å². The van der Waals surface area contributed by atoms with Crippen molar-refractivity contribution in [3.8, 4) is 6.01 Å². The average molecular weight is 326 g/mol. The van der Waals surface area contributed by atoms with Crippen LogP contribution in [-0.4, -0.2) is 20.7 Å². The van der Waals surface area contributed by atoms with Crippen LogP contribution in [0.5, 0.6) is 6.01 Å². The summed E-state index contributed by atoms with van der Waals surface area (Å²) in [6.07, 6.45) is 3.77. The van der Waals surface area contributed by atoms with Crippen molar-refractivity contribution in [2.75, 3.05) is 0 Å². The first-order chi connectivity index (χ1) is 11.6. The molecule has 0 spiro atoms. The minimum Gasteiger partial charge on any atom is -0.403 e. The molecule has 0 fully saturated rings. The van der Waals surface area contributed by atoms with E-state index in [1.165, 1.54) is 6.07 Å². The van der Waals surface area contributed by atoms with Crippen LogP contribution in [0.3, 0.4) is 0 Å². The second kappa shape index (κ2) is 6.45. The third kappa shape index (κ3) is 3.07. The highest BCUT2D eigenvalue weighted by atomic mass is 16.6. The standard InChI is InChI=1S/C16H14N4O4/c1-3-10-8-12(21)23-15-13(10)14(22)18-16(19-15)24-20-9(2)11-4-6-17-7-5-11/h4-8H,3H2,1-2H3,(H,18,19,22)/b20-9-. The van der Waals surface area contributed by atoms with E-state index in [1.807, 2.05) is 6.92 Å². The van der Waals surface area contributed by atoms with E-state index in [9.17, 15) is 9.59 Å². The average Bonchev–Trinajstić information content (AvgIpc) is 2.59. The number of aromatic amines is 1. The summed E-state index contributed by atoms with van der Waals surface area (Å²) in [6, 6.07) is 4.67. The van der Waals surface area contributed by atoms with Crippen LogP contribution >= 0.6 is 0 Å². The Kier molecular flexibility index (Phi) is 4.19. The number of hydrogen-bond acceptors (Lipinski definition) is 7. The van der Waals surface area contributed by atoms with Gasteiger partial charge in [-0.2, -0.15) is 4.98 Å². The van der Waals surface area contributed by atoms with Gasteiger partial charge in [-0.1, -0.05) is 12.1 Å². The van der Waals surface area contributed by atoms with Crippen molar-refractivity contribution >= 4 is 16.8 Å². The summed E-state index contributed by atoms with van der Waals surface area (Å²) in [6.45, 7) is 3.57. The zero-order chi connectivity index (χ0) is 17.1. The third-order valence-corrected chi connectivity index (χ3v) is 3.42. The molecule has 3 aromatic heterocycles. The number of fused-ring (bicyclic) bond motifs is 1. The lowest BCUT2D eigenvalue weighted by Crippen LogP contribution is -2.14. The first kappa shape index (κ1) is 15.6. The van der Waals surface area contributed by atoms with E-state index in [4.69, 9.17) is 9.25 Å². The van der Waals surface area contributed by atoms with Crippen LogP contribution < -0.4 is 16.0 Å². The van der Waals surface area contributed by atoms with E-state index in [1.54, 1.807) is 31.5 Å². The number of aryl methyl sites for hydroxylation is 1. The summed E-state index contributed by atoms with van der Waals surface area (Å²) in [5.74, 6) is 0. The number of oxime groups is 1. The van der Waals surface area contributed by atoms with Crippen LogP contribution in [-0.2, 0) is 6.42 Å². The van der Waals surface area contributed by atoms with E-state index < -0.39 is 11.2 Å². The number of nitrogens with zero attached hydrogens (tertiary/aromatic N) is 3. The van der Waals surface area contributed by atoms with Gasteiger partial charge in [-0.15, -0.1) is 0 Å². The molecule has 8 nitrogen and oxygen atoms in total. The van der Waals surface area contributed by atoms with Gasteiger partial charge in [-0.3, -0.25) is 14.8 Å². The molecule has 3 heterocycles. The van der Waals surface area contributed by atoms with E-state index in [0.717, 1.165) is 5.56 Å². The van der Waals surface area contributed by atoms with Crippen molar-refractivity contribution in [2.45, 2.75) is 20.3 Å². The van der Waals surface area contributed by atoms with Gasteiger partial charge < -0.3 is 9.25 Å². The van der Waals surface area contributed by atoms with Crippen LogP contribution in [0.25, 0.3) is 11.1 Å². The first-order valence-electron chi connectivity index (χ1n) is 7.27. The molecular weight excluding hydrogens is 312 g/mol. The SMILES string of the molecule is CCc1cc(=O)oc2nc(O/N=C(/C)c3ccncc3)[nH]c(=O)c12. The molecule has 0 aliphatic carbocycles. The molecule has 3 aromatic rings. The van der Waals surface area contributed by atoms with Gasteiger partial charge in [0.2, 0.25) is 5.71 Å². The lowest BCUT2D eigenvalue weighted by atomic mass is 10.1. The fourth-order valence-electron chi connectivity index (χ4n) is 2.21. The van der Waals surface area contributed by atoms with E-state index in [2.05, 4.69) is 20.1 Å². The highest BCUT2D eigenvalue weighted by molar-refractivity contribution is 5.98. The predicted molar refractivity (Wildman–Crippen MR) is 87.4 cm³/mol. The fourth-order valence-corrected chi connectivity index (χ4v) is 2.21. The smallest absolute Gasteiger partial charge is 0.337 e. The van der Waals surface area contributed by atoms with Crippen molar-refractivity contribution in [3.63, 3.8) is 0 Å². The molecule has 0 unspecified atom stereocenters. The number of rotatable bonds is 4. The Hall–Kier alpha value is -3.29. The molecule has 0 aromatic carbocycles. The molecule has 1 N–H and O–H groups in total. The number of H-pyrrole nitrogens is 1. The summed E-state index contributed by atoms with van der Waals surface area (Å²) in [7, 11) is 0. The molecule has 0 radical (unpaired) electrons. The van der Waals surface area contributed by atoms with E-state index in [-0.39, 0.29) is 17.1 Å². The minimum atomic E-state index is -0.570. The second-order valence-corrected chi connectivity index (χ2v) is 5.00. The van der Waals surface area contributed by atoms with Crippen molar-refractivity contribution in [1.82, 2.24) is 15.0 Å². The van der Waals surface area contributed by atoms with Gasteiger partial charge in [-0.05, 0) is 31.0 Å². The Morgan fingerprint density at radius 2 is 2.08 bits per heavy atom. The maximum absolute atomic E-state index is 12.2. The second-order valence-electron chi connectivity index (χ2n) is 5.00. The monoisotopic (exact) mass is 326 g/mol. The quantitative estimate of drug-likeness (QED) is 0.576. The van der Waals surface area contributed by atoms with Crippen molar-refractivity contribution < 1.29 is 9.25 Å². The molecule has 0 saturated heterocycles. The molecule has 24 heavy (non-hydrogen) atoms. The van der Waals surface area contributed by atoms with Crippen molar-refractivity contribution in [3.05, 3.63) is 62.5 Å². The molecule has 8 heteroatoms. The van der Waals surface area contributed by atoms with Gasteiger partial charge in [0.25, 0.3) is 5.56 Å². The van der Waals surface area contributed by atoms with Crippen LogP contribution in [0.4, 0.5) is 0 Å². The van der Waals surface area contributed by atoms with Crippen LogP contribution in [0.2, 0.25) is 0 Å². The molecular formula is C16H14N4O4. The topological polar surface area (TPSA) is 110 Å². The van der Waals surface area contributed by atoms with Gasteiger partial charge >= 0.3 is 11.6 Å². The van der Waals surface area contributed by atoms with E-state index in [0.29, 0.717) is 17.7 Å². The normalized spacial score (nSPS) is 11.7. The van der Waals surface area contributed by atoms with Gasteiger partial charge in [0, 0.05) is 24.0 Å². The fraction of sp³-hybridized carbons (Fsp3) is 0.188. The Morgan fingerprint density at radius 3 is 2.79 bits per heavy atom. The number of nitrogens with one attached hydrogen (secondary N) is 1. The molecule has 122 valence electrons. The summed E-state index contributed by atoms with van der Waals surface area (Å²) < 4.78 is 4.99. The predicted octanol–water partition coefficient (Wildman–Crippen LogP) is 1.64. The Bertz CT molecular complexity index is 1020. The molecule has 0 amide bonds. The lowest BCUT2D eigenvalue weighted by Gasteiger charge is -2.03. The number of pyridine rings is 1. The summed E-state index contributed by atoms with van der Waals surface area (Å²) >= 11 is 0. The maximum Gasteiger partial charge on any atom is 0.337 e. The molecule has 0 atom stereocenters. The van der Waals surface area contributed by atoms with E-state index >= 15 is 0 Å². The van der Waals surface area contributed by atoms with Gasteiger partial charge in [0.05, 0.1) is 5.71 Å². The van der Waals surface area contributed by atoms with Crippen molar-refractivity contribution in [1.29, 1.82) is 0 Å². The minimum absolute atomic E-state index is 0.0742. The van der Waals surface area contributed by atoms with Crippen LogP contribution in [0.15, 0.2) is 49.8 Å². The van der Waals surface area contributed by atoms with Gasteiger partial charge in [0.1, 0.15) is 5.39 Å². The first-order valence-corrected chi connectivity index (χ1v) is 7.27. The zero-order valence-electron chi connectivity index (χ0n) is 13.1. The largest absolute Gasteiger partial charge is 0.403 e. The molecule has 0 aliphatic rings. The summed E-state index contributed by atoms with van der Waals surface area (Å²) in [5, 5.41) is 4.15. The summed E-state index contributed by atoms with van der Waals surface area (Å²) in [4.78, 5) is 39.3. The summed E-state index contributed by atoms with van der Waals surface area (Å²) in [5.41, 5.74) is 0.858. The van der Waals surface area contributed by atoms with Gasteiger partial charge in [-0.25, -0.2) is 4.79 Å². The Balaban J connectivity index is 2.00. The van der Waals surface area contributed by atoms with Gasteiger partial charge in [0.15, 0.2) is 0 Å². The number of hydrogen-bond donors (Lipinski definition) is 1. The Morgan fingerprint density at radius 1 is 1.33 bits per heavy atom. The zero-order valence-corrected chi connectivity index (χ0v) is 13.1. The molecule has 0 bridgehead atoms. The third-order valence-electron chi connectivity index (χ3n) is 3.42. The molecule has 0 aliphatic heterocycles. The van der Waals surface area contributed by atoms with Crippen LogP contribution in [0.1, 0.15) is 25.0 Å². The molecule has 3 rings (SSSR count).